The average Bonchev–Trinajstić information content (AvgIpc) is 2.62. The van der Waals surface area contributed by atoms with E-state index in [1.807, 2.05) is 18.2 Å². The minimum atomic E-state index is 0.288. The van der Waals surface area contributed by atoms with Gasteiger partial charge in [-0.1, -0.05) is 25.0 Å². The number of fused-ring (bicyclic) bond motifs is 3. The minimum absolute atomic E-state index is 0.288. The predicted molar refractivity (Wildman–Crippen MR) is 96.7 cm³/mol. The number of phenolic OH excluding ortho intramolecular Hbond substituents is 2. The van der Waals surface area contributed by atoms with E-state index >= 15 is 0 Å². The summed E-state index contributed by atoms with van der Waals surface area (Å²) >= 11 is 0. The molecule has 25 heavy (non-hydrogen) atoms. The molecule has 0 heterocycles. The number of rotatable bonds is 2. The topological polar surface area (TPSA) is 64.2 Å². The average molecular weight is 333 g/mol. The summed E-state index contributed by atoms with van der Waals surface area (Å²) in [6.45, 7) is 0. The molecule has 0 radical (unpaired) electrons. The van der Waals surface area contributed by atoms with E-state index in [0.29, 0.717) is 29.9 Å². The summed E-state index contributed by atoms with van der Waals surface area (Å²) in [6, 6.07) is 13.6. The Labute approximate surface area is 148 Å². The second-order valence-electron chi connectivity index (χ2n) is 7.46. The van der Waals surface area contributed by atoms with Crippen LogP contribution in [0.25, 0.3) is 0 Å². The molecule has 3 nitrogen and oxygen atoms in total. The molecule has 1 saturated carbocycles. The van der Waals surface area contributed by atoms with Crippen LogP contribution in [0.3, 0.4) is 0 Å². The largest absolute Gasteiger partial charge is 0.508 e. The normalized spacial score (nSPS) is 24.8. The Morgan fingerprint density at radius 2 is 1.72 bits per heavy atom. The van der Waals surface area contributed by atoms with Crippen LogP contribution in [-0.2, 0) is 12.8 Å². The van der Waals surface area contributed by atoms with E-state index in [4.69, 9.17) is 0 Å². The Hall–Kier alpha value is -2.47. The maximum Gasteiger partial charge on any atom is 0.116 e. The Bertz CT molecular complexity index is 819. The lowest BCUT2D eigenvalue weighted by atomic mass is 9.61. The fourth-order valence-electron chi connectivity index (χ4n) is 5.05. The van der Waals surface area contributed by atoms with Crippen LogP contribution in [0.1, 0.15) is 59.8 Å². The van der Waals surface area contributed by atoms with Crippen LogP contribution in [0, 0.1) is 17.2 Å². The number of benzene rings is 2. The lowest BCUT2D eigenvalue weighted by Crippen LogP contribution is -2.31. The van der Waals surface area contributed by atoms with Crippen molar-refractivity contribution in [1.82, 2.24) is 0 Å². The van der Waals surface area contributed by atoms with Crippen molar-refractivity contribution in [3.05, 3.63) is 58.7 Å². The van der Waals surface area contributed by atoms with Gasteiger partial charge in [0.1, 0.15) is 11.5 Å². The fourth-order valence-corrected chi connectivity index (χ4v) is 5.05. The van der Waals surface area contributed by atoms with E-state index in [-0.39, 0.29) is 5.75 Å². The molecule has 0 saturated heterocycles. The van der Waals surface area contributed by atoms with Crippen LogP contribution in [0.15, 0.2) is 36.4 Å². The fraction of sp³-hybridized carbons (Fsp3) is 0.409. The molecule has 0 aromatic heterocycles. The van der Waals surface area contributed by atoms with Gasteiger partial charge in [-0.25, -0.2) is 0 Å². The van der Waals surface area contributed by atoms with Crippen molar-refractivity contribution in [1.29, 1.82) is 5.26 Å². The van der Waals surface area contributed by atoms with Crippen LogP contribution >= 0.6 is 0 Å². The maximum absolute atomic E-state index is 10.2. The Morgan fingerprint density at radius 1 is 0.960 bits per heavy atom. The van der Waals surface area contributed by atoms with Crippen molar-refractivity contribution >= 4 is 0 Å². The zero-order valence-corrected chi connectivity index (χ0v) is 14.3. The van der Waals surface area contributed by atoms with Crippen molar-refractivity contribution in [2.24, 2.45) is 5.92 Å². The first-order chi connectivity index (χ1) is 12.2. The molecule has 2 N–H and O–H groups in total. The highest BCUT2D eigenvalue weighted by atomic mass is 16.3. The van der Waals surface area contributed by atoms with E-state index in [2.05, 4.69) is 6.07 Å². The molecule has 0 bridgehead atoms. The molecular weight excluding hydrogens is 310 g/mol. The highest BCUT2D eigenvalue weighted by Crippen LogP contribution is 2.52. The molecule has 3 atom stereocenters. The van der Waals surface area contributed by atoms with Crippen LogP contribution in [-0.4, -0.2) is 10.2 Å². The monoisotopic (exact) mass is 333 g/mol. The molecule has 128 valence electrons. The first kappa shape index (κ1) is 16.0. The Kier molecular flexibility index (Phi) is 4.13. The molecule has 4 rings (SSSR count). The summed E-state index contributed by atoms with van der Waals surface area (Å²) in [7, 11) is 0. The first-order valence-electron chi connectivity index (χ1n) is 9.18. The number of nitriles is 1. The van der Waals surface area contributed by atoms with Gasteiger partial charge < -0.3 is 10.2 Å². The van der Waals surface area contributed by atoms with Crippen molar-refractivity contribution in [3.63, 3.8) is 0 Å². The maximum atomic E-state index is 10.2. The summed E-state index contributed by atoms with van der Waals surface area (Å²) in [6.07, 6.45) is 6.11. The lowest BCUT2D eigenvalue weighted by Gasteiger charge is -2.43. The van der Waals surface area contributed by atoms with Crippen LogP contribution in [0.5, 0.6) is 11.5 Å². The first-order valence-corrected chi connectivity index (χ1v) is 9.18. The van der Waals surface area contributed by atoms with Crippen LogP contribution in [0.2, 0.25) is 0 Å². The van der Waals surface area contributed by atoms with Gasteiger partial charge >= 0.3 is 0 Å². The molecule has 3 unspecified atom stereocenters. The summed E-state index contributed by atoms with van der Waals surface area (Å²) in [5, 5.41) is 29.0. The Morgan fingerprint density at radius 3 is 2.48 bits per heavy atom. The van der Waals surface area contributed by atoms with Gasteiger partial charge in [-0.15, -0.1) is 0 Å². The lowest BCUT2D eigenvalue weighted by molar-refractivity contribution is 0.242. The molecular formula is C22H23NO2. The van der Waals surface area contributed by atoms with Gasteiger partial charge in [-0.3, -0.25) is 0 Å². The summed E-state index contributed by atoms with van der Waals surface area (Å²) in [5.74, 6) is 2.04. The predicted octanol–water partition coefficient (Wildman–Crippen LogP) is 4.78. The highest BCUT2D eigenvalue weighted by Gasteiger charge is 2.39. The third kappa shape index (κ3) is 2.87. The molecule has 2 aromatic rings. The number of hydrogen-bond donors (Lipinski definition) is 2. The van der Waals surface area contributed by atoms with Crippen molar-refractivity contribution in [2.45, 2.75) is 50.4 Å². The number of aromatic hydroxyl groups is 2. The van der Waals surface area contributed by atoms with E-state index in [0.717, 1.165) is 18.4 Å². The molecule has 0 spiro atoms. The van der Waals surface area contributed by atoms with E-state index in [1.54, 1.807) is 18.2 Å². The van der Waals surface area contributed by atoms with E-state index in [1.165, 1.54) is 36.0 Å². The van der Waals surface area contributed by atoms with Crippen molar-refractivity contribution in [3.8, 4) is 17.6 Å². The minimum Gasteiger partial charge on any atom is -0.508 e. The van der Waals surface area contributed by atoms with E-state index < -0.39 is 0 Å². The smallest absolute Gasteiger partial charge is 0.116 e. The van der Waals surface area contributed by atoms with Crippen molar-refractivity contribution in [2.75, 3.05) is 0 Å². The zero-order valence-electron chi connectivity index (χ0n) is 14.3. The number of phenols is 2. The standard InChI is InChI=1S/C22H23NO2/c23-10-9-15-11-17(25)12-22-19-4-2-1-3-18(19)20(13-21(15)22)14-5-7-16(24)8-6-14/h5-8,11-12,18-20,24-25H,1-4,9,13H2. The van der Waals surface area contributed by atoms with Gasteiger partial charge in [-0.2, -0.15) is 5.26 Å². The number of hydrogen-bond acceptors (Lipinski definition) is 3. The van der Waals surface area contributed by atoms with Gasteiger partial charge in [-0.05, 0) is 83.5 Å². The van der Waals surface area contributed by atoms with Gasteiger partial charge in [0.15, 0.2) is 0 Å². The van der Waals surface area contributed by atoms with Crippen LogP contribution in [0.4, 0.5) is 0 Å². The van der Waals surface area contributed by atoms with Crippen molar-refractivity contribution < 1.29 is 10.2 Å². The van der Waals surface area contributed by atoms with Gasteiger partial charge in [0, 0.05) is 0 Å². The van der Waals surface area contributed by atoms with Gasteiger partial charge in [0.25, 0.3) is 0 Å². The molecule has 0 aliphatic heterocycles. The van der Waals surface area contributed by atoms with Gasteiger partial charge in [0.2, 0.25) is 0 Å². The molecule has 0 amide bonds. The zero-order chi connectivity index (χ0) is 17.4. The quantitative estimate of drug-likeness (QED) is 0.831. The molecule has 3 heteroatoms. The summed E-state index contributed by atoms with van der Waals surface area (Å²) in [5.41, 5.74) is 4.78. The third-order valence-electron chi connectivity index (χ3n) is 6.11. The molecule has 2 aromatic carbocycles. The highest BCUT2D eigenvalue weighted by molar-refractivity contribution is 5.48. The SMILES string of the molecule is N#CCc1cc(O)cc2c1CC(c1ccc(O)cc1)C1CCCCC21. The Balaban J connectivity index is 1.82. The second-order valence-corrected chi connectivity index (χ2v) is 7.46. The van der Waals surface area contributed by atoms with Gasteiger partial charge in [0.05, 0.1) is 12.5 Å². The molecule has 1 fully saturated rings. The third-order valence-corrected chi connectivity index (χ3v) is 6.11. The van der Waals surface area contributed by atoms with E-state index in [9.17, 15) is 15.5 Å². The summed E-state index contributed by atoms with van der Waals surface area (Å²) in [4.78, 5) is 0. The van der Waals surface area contributed by atoms with Crippen LogP contribution < -0.4 is 0 Å². The summed E-state index contributed by atoms with van der Waals surface area (Å²) < 4.78 is 0. The molecule has 2 aliphatic rings. The second kappa shape index (κ2) is 6.44. The number of nitrogens with zero attached hydrogens (tertiary/aromatic N) is 1. The molecule has 2 aliphatic carbocycles.